The van der Waals surface area contributed by atoms with Gasteiger partial charge in [0.2, 0.25) is 11.8 Å². The lowest BCUT2D eigenvalue weighted by atomic mass is 10.1. The van der Waals surface area contributed by atoms with Gasteiger partial charge in [-0.1, -0.05) is 29.8 Å². The number of amides is 2. The monoisotopic (exact) mass is 448 g/mol. The Bertz CT molecular complexity index is 1190. The Balaban J connectivity index is 1.67. The average molecular weight is 449 g/mol. The van der Waals surface area contributed by atoms with Crippen LogP contribution in [0, 0.1) is 6.92 Å². The summed E-state index contributed by atoms with van der Waals surface area (Å²) in [4.78, 5) is 25.1. The molecule has 2 aromatic carbocycles. The summed E-state index contributed by atoms with van der Waals surface area (Å²) in [7, 11) is 0. The number of nitrogens with one attached hydrogen (secondary N) is 2. The zero-order valence-corrected chi connectivity index (χ0v) is 16.9. The fourth-order valence-corrected chi connectivity index (χ4v) is 3.64. The number of alkyl halides is 3. The van der Waals surface area contributed by atoms with E-state index in [0.29, 0.717) is 27.7 Å². The van der Waals surface area contributed by atoms with E-state index in [1.165, 1.54) is 16.8 Å². The largest absolute Gasteiger partial charge is 0.416 e. The molecule has 1 aliphatic rings. The number of hydrogen-bond donors (Lipinski definition) is 2. The van der Waals surface area contributed by atoms with Crippen molar-refractivity contribution in [3.05, 3.63) is 64.7 Å². The molecule has 1 aromatic heterocycles. The number of aromatic nitrogens is 2. The molecule has 0 spiro atoms. The van der Waals surface area contributed by atoms with Crippen molar-refractivity contribution in [2.75, 3.05) is 10.6 Å². The number of fused-ring (bicyclic) bond motifs is 1. The summed E-state index contributed by atoms with van der Waals surface area (Å²) in [5.74, 6) is -0.677. The molecule has 31 heavy (non-hydrogen) atoms. The van der Waals surface area contributed by atoms with Gasteiger partial charge in [0, 0.05) is 21.8 Å². The third-order valence-electron chi connectivity index (χ3n) is 4.94. The minimum atomic E-state index is -4.54. The van der Waals surface area contributed by atoms with Crippen molar-refractivity contribution in [3.8, 4) is 11.3 Å². The molecule has 0 radical (unpaired) electrons. The minimum Gasteiger partial charge on any atom is -0.324 e. The Labute approximate surface area is 180 Å². The smallest absolute Gasteiger partial charge is 0.324 e. The van der Waals surface area contributed by atoms with Crippen molar-refractivity contribution in [3.63, 3.8) is 0 Å². The summed E-state index contributed by atoms with van der Waals surface area (Å²) in [5.41, 5.74) is 0.985. The molecule has 0 aliphatic carbocycles. The van der Waals surface area contributed by atoms with Crippen LogP contribution in [0.5, 0.6) is 0 Å². The van der Waals surface area contributed by atoms with Crippen LogP contribution >= 0.6 is 11.6 Å². The van der Waals surface area contributed by atoms with Crippen LogP contribution < -0.4 is 10.6 Å². The molecule has 2 N–H and O–H groups in total. The van der Waals surface area contributed by atoms with Crippen LogP contribution in [0.2, 0.25) is 5.02 Å². The van der Waals surface area contributed by atoms with E-state index in [1.807, 2.05) is 0 Å². The van der Waals surface area contributed by atoms with Gasteiger partial charge in [-0.15, -0.1) is 0 Å². The number of rotatable bonds is 3. The third-order valence-corrected chi connectivity index (χ3v) is 5.17. The van der Waals surface area contributed by atoms with E-state index in [9.17, 15) is 22.8 Å². The Hall–Kier alpha value is -3.33. The molecular weight excluding hydrogens is 433 g/mol. The van der Waals surface area contributed by atoms with Crippen molar-refractivity contribution in [2.45, 2.75) is 25.6 Å². The van der Waals surface area contributed by atoms with E-state index in [1.54, 1.807) is 31.2 Å². The maximum absolute atomic E-state index is 13.0. The van der Waals surface area contributed by atoms with Gasteiger partial charge in [-0.2, -0.15) is 18.3 Å². The second-order valence-electron chi connectivity index (χ2n) is 7.11. The summed E-state index contributed by atoms with van der Waals surface area (Å²) < 4.78 is 40.3. The zero-order valence-electron chi connectivity index (χ0n) is 16.1. The van der Waals surface area contributed by atoms with Gasteiger partial charge >= 0.3 is 6.18 Å². The van der Waals surface area contributed by atoms with Gasteiger partial charge in [-0.3, -0.25) is 9.59 Å². The summed E-state index contributed by atoms with van der Waals surface area (Å²) >= 11 is 6.06. The third kappa shape index (κ3) is 4.13. The lowest BCUT2D eigenvalue weighted by Gasteiger charge is -2.24. The van der Waals surface area contributed by atoms with Gasteiger partial charge in [-0.25, -0.2) is 4.68 Å². The lowest BCUT2D eigenvalue weighted by Crippen LogP contribution is -2.36. The molecule has 0 saturated carbocycles. The first-order valence-corrected chi connectivity index (χ1v) is 9.64. The molecule has 6 nitrogen and oxygen atoms in total. The van der Waals surface area contributed by atoms with Gasteiger partial charge in [0.1, 0.15) is 11.9 Å². The summed E-state index contributed by atoms with van der Waals surface area (Å²) in [6.07, 6.45) is -4.74. The Morgan fingerprint density at radius 2 is 1.97 bits per heavy atom. The number of hydrogen-bond acceptors (Lipinski definition) is 3. The molecule has 1 aliphatic heterocycles. The average Bonchev–Trinajstić information content (AvgIpc) is 3.03. The van der Waals surface area contributed by atoms with Crippen LogP contribution in [0.25, 0.3) is 11.3 Å². The molecular formula is C21H16ClF3N4O2. The SMILES string of the molecule is Cc1c(-c2cccc(Cl)c2)nn2c1NC(=O)CC2C(=O)Nc1cccc(C(F)(F)F)c1. The normalized spacial score (nSPS) is 15.9. The highest BCUT2D eigenvalue weighted by atomic mass is 35.5. The zero-order chi connectivity index (χ0) is 22.3. The fourth-order valence-electron chi connectivity index (χ4n) is 3.45. The molecule has 2 amide bonds. The van der Waals surface area contributed by atoms with Crippen LogP contribution in [0.1, 0.15) is 23.6 Å². The van der Waals surface area contributed by atoms with Gasteiger partial charge in [0.15, 0.2) is 0 Å². The number of carbonyl (C=O) groups is 2. The quantitative estimate of drug-likeness (QED) is 0.588. The van der Waals surface area contributed by atoms with Crippen molar-refractivity contribution >= 4 is 34.9 Å². The number of carbonyl (C=O) groups excluding carboxylic acids is 2. The molecule has 10 heteroatoms. The van der Waals surface area contributed by atoms with Gasteiger partial charge < -0.3 is 10.6 Å². The second kappa shape index (κ2) is 7.73. The number of anilines is 2. The van der Waals surface area contributed by atoms with E-state index in [4.69, 9.17) is 11.6 Å². The first-order chi connectivity index (χ1) is 14.6. The molecule has 160 valence electrons. The van der Waals surface area contributed by atoms with Crippen LogP contribution in [-0.4, -0.2) is 21.6 Å². The predicted molar refractivity (Wildman–Crippen MR) is 110 cm³/mol. The Morgan fingerprint density at radius 1 is 1.23 bits per heavy atom. The van der Waals surface area contributed by atoms with E-state index in [0.717, 1.165) is 12.1 Å². The molecule has 2 heterocycles. The Morgan fingerprint density at radius 3 is 2.68 bits per heavy atom. The van der Waals surface area contributed by atoms with E-state index in [2.05, 4.69) is 15.7 Å². The standard InChI is InChI=1S/C21H16ClF3N4O2/c1-11-18(12-4-2-6-14(22)8-12)28-29-16(10-17(30)27-19(11)29)20(31)26-15-7-3-5-13(9-15)21(23,24)25/h2-9,16H,10H2,1H3,(H,26,31)(H,27,30). The van der Waals surface area contributed by atoms with Crippen LogP contribution in [-0.2, 0) is 15.8 Å². The lowest BCUT2D eigenvalue weighted by molar-refractivity contribution is -0.137. The molecule has 0 fully saturated rings. The maximum Gasteiger partial charge on any atom is 0.416 e. The van der Waals surface area contributed by atoms with E-state index < -0.39 is 29.6 Å². The van der Waals surface area contributed by atoms with Crippen molar-refractivity contribution in [1.82, 2.24) is 9.78 Å². The van der Waals surface area contributed by atoms with Crippen molar-refractivity contribution in [1.29, 1.82) is 0 Å². The van der Waals surface area contributed by atoms with Crippen molar-refractivity contribution in [2.24, 2.45) is 0 Å². The topological polar surface area (TPSA) is 76.0 Å². The summed E-state index contributed by atoms with van der Waals surface area (Å²) in [5, 5.41) is 10.2. The van der Waals surface area contributed by atoms with Gasteiger partial charge in [0.05, 0.1) is 17.7 Å². The highest BCUT2D eigenvalue weighted by molar-refractivity contribution is 6.30. The van der Waals surface area contributed by atoms with Crippen LogP contribution in [0.15, 0.2) is 48.5 Å². The minimum absolute atomic E-state index is 0.0219. The highest BCUT2D eigenvalue weighted by Crippen LogP contribution is 2.35. The van der Waals surface area contributed by atoms with E-state index >= 15 is 0 Å². The maximum atomic E-state index is 13.0. The molecule has 0 saturated heterocycles. The van der Waals surface area contributed by atoms with Gasteiger partial charge in [0.25, 0.3) is 0 Å². The molecule has 0 bridgehead atoms. The first-order valence-electron chi connectivity index (χ1n) is 9.26. The van der Waals surface area contributed by atoms with Crippen molar-refractivity contribution < 1.29 is 22.8 Å². The van der Waals surface area contributed by atoms with Crippen LogP contribution in [0.4, 0.5) is 24.7 Å². The summed E-state index contributed by atoms with van der Waals surface area (Å²) in [6, 6.07) is 10.3. The summed E-state index contributed by atoms with van der Waals surface area (Å²) in [6.45, 7) is 1.75. The fraction of sp³-hybridized carbons (Fsp3) is 0.190. The Kier molecular flexibility index (Phi) is 5.22. The molecule has 4 rings (SSSR count). The predicted octanol–water partition coefficient (Wildman–Crippen LogP) is 5.05. The van der Waals surface area contributed by atoms with E-state index in [-0.39, 0.29) is 12.1 Å². The van der Waals surface area contributed by atoms with Gasteiger partial charge in [-0.05, 0) is 37.3 Å². The molecule has 1 unspecified atom stereocenters. The molecule has 1 atom stereocenters. The number of benzene rings is 2. The van der Waals surface area contributed by atoms with Crippen LogP contribution in [0.3, 0.4) is 0 Å². The number of halogens is 4. The first kappa shape index (κ1) is 20.9. The number of nitrogens with zero attached hydrogens (tertiary/aromatic N) is 2. The second-order valence-corrected chi connectivity index (χ2v) is 7.55. The molecule has 3 aromatic rings. The highest BCUT2D eigenvalue weighted by Gasteiger charge is 2.35.